The second-order valence-electron chi connectivity index (χ2n) is 6.64. The molecule has 2 aromatic rings. The molecule has 1 saturated heterocycles. The Morgan fingerprint density at radius 1 is 1.15 bits per heavy atom. The molecule has 2 heterocycles. The molecule has 2 aliphatic heterocycles. The third kappa shape index (κ3) is 3.87. The lowest BCUT2D eigenvalue weighted by Gasteiger charge is -2.26. The Bertz CT molecular complexity index is 977. The largest absolute Gasteiger partial charge is 0.312 e. The minimum Gasteiger partial charge on any atom is -0.312 e. The van der Waals surface area contributed by atoms with Crippen LogP contribution in [0.1, 0.15) is 30.9 Å². The fraction of sp³-hybridized carbons (Fsp3) is 0.316. The molecule has 0 unspecified atom stereocenters. The number of hydrogen-bond donors (Lipinski definition) is 1. The number of hydrogen-bond acceptors (Lipinski definition) is 4. The average molecular weight is 423 g/mol. The van der Waals surface area contributed by atoms with Gasteiger partial charge in [-0.3, -0.25) is 4.79 Å². The number of fused-ring (bicyclic) bond motifs is 1. The molecular formula is C19H19ClN2O3S2. The van der Waals surface area contributed by atoms with Crippen molar-refractivity contribution in [3.8, 4) is 0 Å². The lowest BCUT2D eigenvalue weighted by Crippen LogP contribution is -2.31. The monoisotopic (exact) mass is 422 g/mol. The lowest BCUT2D eigenvalue weighted by molar-refractivity contribution is -0.117. The molecule has 0 aliphatic carbocycles. The molecule has 5 nitrogen and oxygen atoms in total. The number of rotatable bonds is 4. The van der Waals surface area contributed by atoms with Gasteiger partial charge in [0.25, 0.3) is 0 Å². The van der Waals surface area contributed by atoms with Crippen LogP contribution in [0.15, 0.2) is 52.3 Å². The van der Waals surface area contributed by atoms with Crippen LogP contribution in [-0.2, 0) is 14.8 Å². The molecule has 8 heteroatoms. The van der Waals surface area contributed by atoms with Crippen LogP contribution in [-0.4, -0.2) is 26.6 Å². The number of thioether (sulfide) groups is 1. The van der Waals surface area contributed by atoms with Crippen molar-refractivity contribution in [3.05, 3.63) is 53.1 Å². The first-order chi connectivity index (χ1) is 12.9. The standard InChI is InChI=1S/C19H19ClN2O3S2/c20-13-3-8-18-16(12-13)17(9-11-26-18)21-27(24,25)15-6-4-14(5-7-15)22-10-1-2-19(22)23/h3-8,12,17,21H,1-2,9-11H2/t17-/m0/s1. The van der Waals surface area contributed by atoms with Gasteiger partial charge in [-0.2, -0.15) is 0 Å². The van der Waals surface area contributed by atoms with Gasteiger partial charge in [0.1, 0.15) is 0 Å². The normalized spacial score (nSPS) is 20.0. The van der Waals surface area contributed by atoms with Crippen LogP contribution in [0, 0.1) is 0 Å². The quantitative estimate of drug-likeness (QED) is 0.809. The van der Waals surface area contributed by atoms with Gasteiger partial charge < -0.3 is 4.90 Å². The van der Waals surface area contributed by atoms with Crippen molar-refractivity contribution in [2.24, 2.45) is 0 Å². The first-order valence-corrected chi connectivity index (χ1v) is 11.6. The van der Waals surface area contributed by atoms with Crippen LogP contribution in [0.5, 0.6) is 0 Å². The summed E-state index contributed by atoms with van der Waals surface area (Å²) in [4.78, 5) is 14.8. The van der Waals surface area contributed by atoms with Crippen LogP contribution in [0.4, 0.5) is 5.69 Å². The summed E-state index contributed by atoms with van der Waals surface area (Å²) in [6.07, 6.45) is 2.09. The molecule has 1 atom stereocenters. The van der Waals surface area contributed by atoms with Crippen molar-refractivity contribution < 1.29 is 13.2 Å². The van der Waals surface area contributed by atoms with Gasteiger partial charge in [-0.15, -0.1) is 11.8 Å². The van der Waals surface area contributed by atoms with E-state index in [1.165, 1.54) is 0 Å². The van der Waals surface area contributed by atoms with Crippen molar-refractivity contribution in [2.75, 3.05) is 17.2 Å². The van der Waals surface area contributed by atoms with Crippen LogP contribution in [0.25, 0.3) is 0 Å². The second kappa shape index (κ2) is 7.47. The number of amides is 1. The highest BCUT2D eigenvalue weighted by Gasteiger charge is 2.27. The molecule has 0 saturated carbocycles. The van der Waals surface area contributed by atoms with Gasteiger partial charge in [0.15, 0.2) is 0 Å². The van der Waals surface area contributed by atoms with E-state index in [0.29, 0.717) is 24.4 Å². The maximum atomic E-state index is 12.9. The molecule has 0 spiro atoms. The molecule has 0 radical (unpaired) electrons. The Morgan fingerprint density at radius 3 is 2.63 bits per heavy atom. The summed E-state index contributed by atoms with van der Waals surface area (Å²) in [5.74, 6) is 0.926. The Morgan fingerprint density at radius 2 is 1.93 bits per heavy atom. The van der Waals surface area contributed by atoms with E-state index in [1.54, 1.807) is 40.9 Å². The van der Waals surface area contributed by atoms with Gasteiger partial charge in [0, 0.05) is 34.6 Å². The molecule has 2 aromatic carbocycles. The topological polar surface area (TPSA) is 66.5 Å². The molecule has 1 fully saturated rings. The van der Waals surface area contributed by atoms with Crippen molar-refractivity contribution >= 4 is 45.0 Å². The van der Waals surface area contributed by atoms with Gasteiger partial charge in [-0.1, -0.05) is 11.6 Å². The van der Waals surface area contributed by atoms with E-state index in [1.807, 2.05) is 18.2 Å². The van der Waals surface area contributed by atoms with E-state index in [4.69, 9.17) is 11.6 Å². The molecule has 27 heavy (non-hydrogen) atoms. The number of nitrogens with zero attached hydrogens (tertiary/aromatic N) is 1. The summed E-state index contributed by atoms with van der Waals surface area (Å²) in [6, 6.07) is 11.8. The Hall–Kier alpha value is -1.54. The van der Waals surface area contributed by atoms with E-state index in [2.05, 4.69) is 4.72 Å². The number of benzene rings is 2. The van der Waals surface area contributed by atoms with Gasteiger partial charge in [0.2, 0.25) is 15.9 Å². The zero-order valence-corrected chi connectivity index (χ0v) is 16.9. The summed E-state index contributed by atoms with van der Waals surface area (Å²) in [6.45, 7) is 0.681. The molecular weight excluding hydrogens is 404 g/mol. The predicted octanol–water partition coefficient (Wildman–Crippen LogP) is 3.98. The minimum atomic E-state index is -3.68. The summed E-state index contributed by atoms with van der Waals surface area (Å²) in [5.41, 5.74) is 1.66. The summed E-state index contributed by atoms with van der Waals surface area (Å²) in [5, 5.41) is 0.597. The van der Waals surface area contributed by atoms with Crippen molar-refractivity contribution in [1.82, 2.24) is 4.72 Å². The summed E-state index contributed by atoms with van der Waals surface area (Å²) in [7, 11) is -3.68. The molecule has 4 rings (SSSR count). The van der Waals surface area contributed by atoms with Gasteiger partial charge in [-0.25, -0.2) is 13.1 Å². The predicted molar refractivity (Wildman–Crippen MR) is 108 cm³/mol. The molecule has 2 aliphatic rings. The average Bonchev–Trinajstić information content (AvgIpc) is 3.08. The number of carbonyl (C=O) groups is 1. The van der Waals surface area contributed by atoms with Gasteiger partial charge in [0.05, 0.1) is 4.90 Å². The highest BCUT2D eigenvalue weighted by molar-refractivity contribution is 7.99. The van der Waals surface area contributed by atoms with Crippen LogP contribution >= 0.6 is 23.4 Å². The SMILES string of the molecule is O=C1CCCN1c1ccc(S(=O)(=O)N[C@H]2CCSc3ccc(Cl)cc32)cc1. The molecule has 0 aromatic heterocycles. The first-order valence-electron chi connectivity index (χ1n) is 8.79. The van der Waals surface area contributed by atoms with E-state index in [-0.39, 0.29) is 16.8 Å². The lowest BCUT2D eigenvalue weighted by atomic mass is 10.1. The number of sulfonamides is 1. The minimum absolute atomic E-state index is 0.0805. The van der Waals surface area contributed by atoms with Crippen molar-refractivity contribution in [1.29, 1.82) is 0 Å². The number of nitrogens with one attached hydrogen (secondary N) is 1. The Labute approximate surface area is 168 Å². The van der Waals surface area contributed by atoms with Crippen LogP contribution in [0.3, 0.4) is 0 Å². The fourth-order valence-electron chi connectivity index (χ4n) is 3.47. The number of anilines is 1. The van der Waals surface area contributed by atoms with Crippen molar-refractivity contribution in [2.45, 2.75) is 35.1 Å². The highest BCUT2D eigenvalue weighted by Crippen LogP contribution is 2.38. The maximum absolute atomic E-state index is 12.9. The number of carbonyl (C=O) groups excluding carboxylic acids is 1. The second-order valence-corrected chi connectivity index (χ2v) is 9.92. The van der Waals surface area contributed by atoms with E-state index in [9.17, 15) is 13.2 Å². The van der Waals surface area contributed by atoms with Crippen molar-refractivity contribution in [3.63, 3.8) is 0 Å². The highest BCUT2D eigenvalue weighted by atomic mass is 35.5. The van der Waals surface area contributed by atoms with Gasteiger partial charge in [-0.05, 0) is 66.6 Å². The third-order valence-corrected chi connectivity index (χ3v) is 7.69. The Balaban J connectivity index is 1.56. The Kier molecular flexibility index (Phi) is 5.20. The smallest absolute Gasteiger partial charge is 0.241 e. The van der Waals surface area contributed by atoms with Gasteiger partial charge >= 0.3 is 0 Å². The molecule has 1 N–H and O–H groups in total. The fourth-order valence-corrected chi connectivity index (χ4v) is 6.01. The van der Waals surface area contributed by atoms with E-state index in [0.717, 1.165) is 28.3 Å². The first kappa shape index (κ1) is 18.8. The maximum Gasteiger partial charge on any atom is 0.241 e. The van der Waals surface area contributed by atoms with Crippen LogP contribution in [0.2, 0.25) is 5.02 Å². The number of halogens is 1. The van der Waals surface area contributed by atoms with Crippen LogP contribution < -0.4 is 9.62 Å². The zero-order chi connectivity index (χ0) is 19.0. The third-order valence-electron chi connectivity index (χ3n) is 4.84. The zero-order valence-electron chi connectivity index (χ0n) is 14.5. The van der Waals surface area contributed by atoms with E-state index < -0.39 is 10.0 Å². The van der Waals surface area contributed by atoms with E-state index >= 15 is 0 Å². The molecule has 142 valence electrons. The summed E-state index contributed by atoms with van der Waals surface area (Å²) >= 11 is 7.81. The molecule has 1 amide bonds. The summed E-state index contributed by atoms with van der Waals surface area (Å²) < 4.78 is 28.5. The molecule has 0 bridgehead atoms.